The zero-order chi connectivity index (χ0) is 19.0. The summed E-state index contributed by atoms with van der Waals surface area (Å²) >= 11 is 1.78. The number of hydrogen-bond acceptors (Lipinski definition) is 2. The Morgan fingerprint density at radius 3 is 2.59 bits per heavy atom. The summed E-state index contributed by atoms with van der Waals surface area (Å²) < 4.78 is 43.1. The molecule has 4 rings (SSSR count). The van der Waals surface area contributed by atoms with Crippen LogP contribution in [-0.4, -0.2) is 21.6 Å². The molecule has 1 N–H and O–H groups in total. The van der Waals surface area contributed by atoms with E-state index in [9.17, 15) is 13.3 Å². The summed E-state index contributed by atoms with van der Waals surface area (Å²) in [5.41, 5.74) is 1.50. The Balaban J connectivity index is 1.87. The van der Waals surface area contributed by atoms with E-state index in [1.807, 2.05) is 18.2 Å². The van der Waals surface area contributed by atoms with Gasteiger partial charge in [0, 0.05) is 21.5 Å². The van der Waals surface area contributed by atoms with Crippen LogP contribution in [-0.2, 0) is 11.4 Å². The molecule has 1 aliphatic rings. The van der Waals surface area contributed by atoms with Gasteiger partial charge in [-0.05, 0) is 55.6 Å². The summed E-state index contributed by atoms with van der Waals surface area (Å²) in [5, 5.41) is 3.87. The van der Waals surface area contributed by atoms with Crippen LogP contribution in [0.15, 0.2) is 58.0 Å². The number of hydrogen-bond donors (Lipinski definition) is 1. The van der Waals surface area contributed by atoms with E-state index in [0.29, 0.717) is 15.8 Å². The third-order valence-corrected chi connectivity index (χ3v) is 6.86. The third kappa shape index (κ3) is 3.66. The van der Waals surface area contributed by atoms with Crippen LogP contribution in [0.2, 0.25) is 0 Å². The predicted molar refractivity (Wildman–Crippen MR) is 108 cm³/mol. The topological polar surface area (TPSA) is 40.0 Å². The molecule has 1 atom stereocenters. The Labute approximate surface area is 168 Å². The van der Waals surface area contributed by atoms with Gasteiger partial charge in [-0.3, -0.25) is 0 Å². The van der Waals surface area contributed by atoms with Crippen LogP contribution in [0.3, 0.4) is 0 Å². The minimum Gasteiger partial charge on any atom is -0.587 e. The Kier molecular flexibility index (Phi) is 5.55. The van der Waals surface area contributed by atoms with Gasteiger partial charge < -0.3 is 9.87 Å². The van der Waals surface area contributed by atoms with Crippen LogP contribution < -0.4 is 5.32 Å². The number of alkyl halides is 2. The summed E-state index contributed by atoms with van der Waals surface area (Å²) in [6, 6.07) is 12.7. The van der Waals surface area contributed by atoms with E-state index in [1.165, 1.54) is 10.2 Å². The lowest BCUT2D eigenvalue weighted by Gasteiger charge is -2.24. The van der Waals surface area contributed by atoms with Gasteiger partial charge in [-0.25, -0.2) is 8.78 Å². The van der Waals surface area contributed by atoms with Gasteiger partial charge >= 0.3 is 0 Å². The normalized spacial score (nSPS) is 16.9. The Morgan fingerprint density at radius 2 is 1.89 bits per heavy atom. The first-order valence-corrected chi connectivity index (χ1v) is 10.8. The van der Waals surface area contributed by atoms with Crippen molar-refractivity contribution in [1.29, 1.82) is 0 Å². The van der Waals surface area contributed by atoms with Crippen molar-refractivity contribution in [3.63, 3.8) is 0 Å². The highest BCUT2D eigenvalue weighted by atomic mass is 79.9. The van der Waals surface area contributed by atoms with Crippen molar-refractivity contribution in [2.24, 2.45) is 0 Å². The fraction of sp³-hybridized carbons (Fsp3) is 0.300. The lowest BCUT2D eigenvalue weighted by Crippen LogP contribution is -2.26. The van der Waals surface area contributed by atoms with Crippen molar-refractivity contribution >= 4 is 38.2 Å². The zero-order valence-electron chi connectivity index (χ0n) is 14.5. The average molecular weight is 453 g/mol. The number of aromatic nitrogens is 1. The van der Waals surface area contributed by atoms with Crippen LogP contribution in [0.4, 0.5) is 8.78 Å². The largest absolute Gasteiger partial charge is 0.587 e. The fourth-order valence-electron chi connectivity index (χ4n) is 3.78. The Bertz CT molecular complexity index is 956. The quantitative estimate of drug-likeness (QED) is 0.539. The minimum atomic E-state index is -2.61. The van der Waals surface area contributed by atoms with Crippen LogP contribution in [0, 0.1) is 0 Å². The molecule has 2 aromatic carbocycles. The second kappa shape index (κ2) is 7.91. The molecule has 0 radical (unpaired) electrons. The molecule has 27 heavy (non-hydrogen) atoms. The van der Waals surface area contributed by atoms with Crippen molar-refractivity contribution < 1.29 is 13.3 Å². The van der Waals surface area contributed by atoms with E-state index in [1.54, 1.807) is 24.3 Å². The molecular formula is C20H19BrF2N2OS. The van der Waals surface area contributed by atoms with Crippen molar-refractivity contribution in [3.8, 4) is 0 Å². The van der Waals surface area contributed by atoms with Gasteiger partial charge in [0.1, 0.15) is 11.4 Å². The lowest BCUT2D eigenvalue weighted by atomic mass is 9.87. The van der Waals surface area contributed by atoms with Gasteiger partial charge in [-0.15, -0.1) is 0 Å². The maximum absolute atomic E-state index is 13.9. The molecule has 142 valence electrons. The molecule has 0 saturated carbocycles. The number of benzene rings is 2. The maximum atomic E-state index is 13.9. The maximum Gasteiger partial charge on any atom is 0.266 e. The smallest absolute Gasteiger partial charge is 0.266 e. The van der Waals surface area contributed by atoms with Crippen LogP contribution in [0.5, 0.6) is 0 Å². The van der Waals surface area contributed by atoms with E-state index in [-0.39, 0.29) is 11.5 Å². The first-order valence-electron chi connectivity index (χ1n) is 8.87. The molecule has 1 aromatic heterocycles. The van der Waals surface area contributed by atoms with Crippen LogP contribution in [0.1, 0.15) is 36.3 Å². The van der Waals surface area contributed by atoms with Crippen LogP contribution in [0.25, 0.3) is 10.9 Å². The van der Waals surface area contributed by atoms with Crippen LogP contribution >= 0.6 is 15.9 Å². The first-order chi connectivity index (χ1) is 13.1. The lowest BCUT2D eigenvalue weighted by molar-refractivity contribution is 0.153. The standard InChI is InChI=1S/C20H19BrF2N2OS/c21-14-3-1-4-15(11-14)27(26)25-12-17(20(22)23)19-16(5-2-6-18(19)25)13-7-9-24-10-8-13/h1-6,11-13,20,24H,7-10H2. The molecule has 7 heteroatoms. The summed E-state index contributed by atoms with van der Waals surface area (Å²) in [5.74, 6) is 0.239. The molecule has 1 aliphatic heterocycles. The second-order valence-electron chi connectivity index (χ2n) is 6.68. The van der Waals surface area contributed by atoms with E-state index < -0.39 is 17.8 Å². The van der Waals surface area contributed by atoms with Gasteiger partial charge in [0.15, 0.2) is 4.90 Å². The summed E-state index contributed by atoms with van der Waals surface area (Å²) in [4.78, 5) is 0.564. The predicted octanol–water partition coefficient (Wildman–Crippen LogP) is 5.38. The fourth-order valence-corrected chi connectivity index (χ4v) is 5.52. The molecule has 1 saturated heterocycles. The Hall–Kier alpha value is -1.41. The highest BCUT2D eigenvalue weighted by molar-refractivity contribution is 9.10. The molecule has 0 bridgehead atoms. The highest BCUT2D eigenvalue weighted by Crippen LogP contribution is 2.39. The number of halogens is 3. The minimum absolute atomic E-state index is 0.0394. The summed E-state index contributed by atoms with van der Waals surface area (Å²) in [6.45, 7) is 1.77. The number of nitrogens with one attached hydrogen (secondary N) is 1. The molecule has 0 aliphatic carbocycles. The van der Waals surface area contributed by atoms with Gasteiger partial charge in [-0.2, -0.15) is 3.97 Å². The van der Waals surface area contributed by atoms with Gasteiger partial charge in [0.05, 0.1) is 11.7 Å². The number of piperidine rings is 1. The molecule has 3 nitrogen and oxygen atoms in total. The molecule has 3 aromatic rings. The van der Waals surface area contributed by atoms with Crippen molar-refractivity contribution in [1.82, 2.24) is 9.29 Å². The van der Waals surface area contributed by atoms with E-state index in [0.717, 1.165) is 36.0 Å². The molecule has 2 heterocycles. The summed E-state index contributed by atoms with van der Waals surface area (Å²) in [6.07, 6.45) is 0.580. The van der Waals surface area contributed by atoms with Crippen molar-refractivity contribution in [2.45, 2.75) is 30.1 Å². The zero-order valence-corrected chi connectivity index (χ0v) is 16.9. The van der Waals surface area contributed by atoms with Crippen molar-refractivity contribution in [2.75, 3.05) is 13.1 Å². The van der Waals surface area contributed by atoms with Gasteiger partial charge in [-0.1, -0.05) is 34.1 Å². The second-order valence-corrected chi connectivity index (χ2v) is 8.96. The van der Waals surface area contributed by atoms with Gasteiger partial charge in [0.2, 0.25) is 0 Å². The molecule has 1 unspecified atom stereocenters. The van der Waals surface area contributed by atoms with E-state index in [4.69, 9.17) is 0 Å². The van der Waals surface area contributed by atoms with Crippen molar-refractivity contribution in [3.05, 3.63) is 64.3 Å². The molecular weight excluding hydrogens is 434 g/mol. The average Bonchev–Trinajstić information content (AvgIpc) is 3.08. The molecule has 0 amide bonds. The third-order valence-electron chi connectivity index (χ3n) is 5.05. The Morgan fingerprint density at radius 1 is 1.15 bits per heavy atom. The monoisotopic (exact) mass is 452 g/mol. The number of rotatable bonds is 4. The first kappa shape index (κ1) is 18.9. The van der Waals surface area contributed by atoms with E-state index in [2.05, 4.69) is 21.2 Å². The summed E-state index contributed by atoms with van der Waals surface area (Å²) in [7, 11) is 0. The molecule has 1 fully saturated rings. The number of nitrogens with zero attached hydrogens (tertiary/aromatic N) is 1. The highest BCUT2D eigenvalue weighted by Gasteiger charge is 2.28. The number of fused-ring (bicyclic) bond motifs is 1. The van der Waals surface area contributed by atoms with E-state index >= 15 is 0 Å². The molecule has 0 spiro atoms. The SMILES string of the molecule is [O-][S+](c1cccc(Br)c1)n1cc(C(F)F)c2c(C3CCNCC3)cccc21. The van der Waals surface area contributed by atoms with Gasteiger partial charge in [0.25, 0.3) is 6.43 Å².